The zero-order valence-corrected chi connectivity index (χ0v) is 13.7. The van der Waals surface area contributed by atoms with Gasteiger partial charge in [-0.25, -0.2) is 0 Å². The van der Waals surface area contributed by atoms with Crippen molar-refractivity contribution < 1.29 is 4.79 Å². The van der Waals surface area contributed by atoms with Crippen molar-refractivity contribution in [3.8, 4) is 0 Å². The maximum atomic E-state index is 12.0. The van der Waals surface area contributed by atoms with Crippen LogP contribution in [0.4, 0.5) is 11.4 Å². The summed E-state index contributed by atoms with van der Waals surface area (Å²) in [5.74, 6) is -0.640. The van der Waals surface area contributed by atoms with Crippen molar-refractivity contribution in [1.29, 1.82) is 0 Å². The van der Waals surface area contributed by atoms with E-state index in [4.69, 9.17) is 40.5 Å². The first-order chi connectivity index (χ1) is 10.4. The van der Waals surface area contributed by atoms with Crippen LogP contribution in [0.25, 0.3) is 5.70 Å². The van der Waals surface area contributed by atoms with Gasteiger partial charge in [0, 0.05) is 11.8 Å². The molecule has 0 aromatic heterocycles. The number of benzene rings is 2. The molecule has 2 aromatic carbocycles. The number of carbonyl (C=O) groups excluding carboxylic acids is 1. The molecule has 0 bridgehead atoms. The van der Waals surface area contributed by atoms with Gasteiger partial charge in [0.25, 0.3) is 3.79 Å². The number of hydrogen-bond acceptors (Lipinski definition) is 3. The van der Waals surface area contributed by atoms with Crippen LogP contribution in [0, 0.1) is 0 Å². The Labute approximate surface area is 143 Å². The molecule has 0 heterocycles. The summed E-state index contributed by atoms with van der Waals surface area (Å²) >= 11 is 16.9. The second-order valence-electron chi connectivity index (χ2n) is 4.50. The molecule has 3 nitrogen and oxygen atoms in total. The third kappa shape index (κ3) is 4.41. The Kier molecular flexibility index (Phi) is 5.35. The number of rotatable bonds is 4. The SMILES string of the molecule is Nc1ccccc1N/C(=C\C(=O)C(Cl)(Cl)Cl)c1ccccc1. The average Bonchev–Trinajstić information content (AvgIpc) is 2.48. The molecule has 2 aromatic rings. The molecule has 0 spiro atoms. The number of carbonyl (C=O) groups is 1. The molecule has 0 aliphatic rings. The summed E-state index contributed by atoms with van der Waals surface area (Å²) in [5, 5.41) is 3.11. The summed E-state index contributed by atoms with van der Waals surface area (Å²) < 4.78 is -2.01. The number of nitrogen functional groups attached to an aromatic ring is 1. The molecule has 0 atom stereocenters. The summed E-state index contributed by atoms with van der Waals surface area (Å²) in [6, 6.07) is 16.4. The summed E-state index contributed by atoms with van der Waals surface area (Å²) in [4.78, 5) is 12.0. The Balaban J connectivity index is 2.41. The van der Waals surface area contributed by atoms with E-state index >= 15 is 0 Å². The normalized spacial score (nSPS) is 12.0. The Morgan fingerprint density at radius 3 is 2.18 bits per heavy atom. The molecule has 0 radical (unpaired) electrons. The lowest BCUT2D eigenvalue weighted by molar-refractivity contribution is -0.113. The molecular formula is C16H13Cl3N2O. The predicted molar refractivity (Wildman–Crippen MR) is 94.2 cm³/mol. The maximum Gasteiger partial charge on any atom is 0.252 e. The number of nitrogens with one attached hydrogen (secondary N) is 1. The van der Waals surface area contributed by atoms with Gasteiger partial charge in [-0.3, -0.25) is 4.79 Å². The quantitative estimate of drug-likeness (QED) is 0.476. The highest BCUT2D eigenvalue weighted by atomic mass is 35.6. The van der Waals surface area contributed by atoms with Crippen LogP contribution in [0.3, 0.4) is 0 Å². The minimum absolute atomic E-state index is 0.495. The molecule has 3 N–H and O–H groups in total. The molecule has 0 saturated carbocycles. The lowest BCUT2D eigenvalue weighted by Crippen LogP contribution is -2.17. The van der Waals surface area contributed by atoms with Crippen LogP contribution in [0.15, 0.2) is 60.7 Å². The Hall–Kier alpha value is -1.68. The van der Waals surface area contributed by atoms with Gasteiger partial charge in [-0.15, -0.1) is 0 Å². The minimum Gasteiger partial charge on any atom is -0.397 e. The molecule has 0 saturated heterocycles. The topological polar surface area (TPSA) is 55.1 Å². The molecular weight excluding hydrogens is 343 g/mol. The summed E-state index contributed by atoms with van der Waals surface area (Å²) in [5.41, 5.74) is 8.39. The van der Waals surface area contributed by atoms with Gasteiger partial charge >= 0.3 is 0 Å². The van der Waals surface area contributed by atoms with Crippen molar-refractivity contribution in [3.63, 3.8) is 0 Å². The fourth-order valence-corrected chi connectivity index (χ4v) is 1.94. The molecule has 0 amide bonds. The number of allylic oxidation sites excluding steroid dienone is 1. The molecule has 0 fully saturated rings. The van der Waals surface area contributed by atoms with Crippen molar-refractivity contribution in [2.24, 2.45) is 0 Å². The van der Waals surface area contributed by atoms with E-state index in [2.05, 4.69) is 5.32 Å². The fraction of sp³-hybridized carbons (Fsp3) is 0.0625. The zero-order chi connectivity index (χ0) is 16.2. The number of halogens is 3. The van der Waals surface area contributed by atoms with Crippen molar-refractivity contribution in [2.75, 3.05) is 11.1 Å². The van der Waals surface area contributed by atoms with E-state index in [1.807, 2.05) is 42.5 Å². The van der Waals surface area contributed by atoms with Crippen LogP contribution in [-0.4, -0.2) is 9.58 Å². The van der Waals surface area contributed by atoms with Gasteiger partial charge in [-0.1, -0.05) is 77.3 Å². The fourth-order valence-electron chi connectivity index (χ4n) is 1.78. The third-order valence-corrected chi connectivity index (χ3v) is 3.43. The highest BCUT2D eigenvalue weighted by molar-refractivity contribution is 6.77. The van der Waals surface area contributed by atoms with Crippen molar-refractivity contribution in [2.45, 2.75) is 3.79 Å². The van der Waals surface area contributed by atoms with Crippen molar-refractivity contribution >= 4 is 57.7 Å². The van der Waals surface area contributed by atoms with Crippen LogP contribution >= 0.6 is 34.8 Å². The number of alkyl halides is 3. The molecule has 22 heavy (non-hydrogen) atoms. The van der Waals surface area contributed by atoms with E-state index in [9.17, 15) is 4.79 Å². The van der Waals surface area contributed by atoms with Gasteiger partial charge in [-0.05, 0) is 17.7 Å². The minimum atomic E-state index is -2.01. The summed E-state index contributed by atoms with van der Waals surface area (Å²) in [6.07, 6.45) is 1.26. The number of hydrogen-bond donors (Lipinski definition) is 2. The first-order valence-electron chi connectivity index (χ1n) is 6.38. The van der Waals surface area contributed by atoms with Gasteiger partial charge < -0.3 is 11.1 Å². The van der Waals surface area contributed by atoms with Crippen LogP contribution in [0.5, 0.6) is 0 Å². The molecule has 6 heteroatoms. The van der Waals surface area contributed by atoms with E-state index in [1.54, 1.807) is 12.1 Å². The first kappa shape index (κ1) is 16.7. The third-order valence-electron chi connectivity index (χ3n) is 2.87. The average molecular weight is 356 g/mol. The highest BCUT2D eigenvalue weighted by Gasteiger charge is 2.29. The number of ketones is 1. The Morgan fingerprint density at radius 1 is 1.00 bits per heavy atom. The molecule has 2 rings (SSSR count). The standard InChI is InChI=1S/C16H13Cl3N2O/c17-16(18,19)15(22)10-14(11-6-2-1-3-7-11)21-13-9-5-4-8-12(13)20/h1-10,21H,20H2/b14-10-. The first-order valence-corrected chi connectivity index (χ1v) is 7.51. The van der Waals surface area contributed by atoms with Crippen LogP contribution in [0.2, 0.25) is 0 Å². The van der Waals surface area contributed by atoms with Gasteiger partial charge in [0.05, 0.1) is 11.4 Å². The maximum absolute atomic E-state index is 12.0. The molecule has 0 aliphatic heterocycles. The zero-order valence-electron chi connectivity index (χ0n) is 11.4. The number of para-hydroxylation sites is 2. The van der Waals surface area contributed by atoms with E-state index < -0.39 is 9.58 Å². The highest BCUT2D eigenvalue weighted by Crippen LogP contribution is 2.30. The van der Waals surface area contributed by atoms with Gasteiger partial charge in [0.1, 0.15) is 0 Å². The Morgan fingerprint density at radius 2 is 1.59 bits per heavy atom. The smallest absolute Gasteiger partial charge is 0.252 e. The van der Waals surface area contributed by atoms with E-state index in [0.29, 0.717) is 17.1 Å². The monoisotopic (exact) mass is 354 g/mol. The molecule has 114 valence electrons. The van der Waals surface area contributed by atoms with Crippen molar-refractivity contribution in [1.82, 2.24) is 0 Å². The van der Waals surface area contributed by atoms with Gasteiger partial charge in [0.2, 0.25) is 5.78 Å². The number of nitrogens with two attached hydrogens (primary N) is 1. The van der Waals surface area contributed by atoms with E-state index in [-0.39, 0.29) is 0 Å². The van der Waals surface area contributed by atoms with Crippen LogP contribution in [0.1, 0.15) is 5.56 Å². The van der Waals surface area contributed by atoms with Gasteiger partial charge in [0.15, 0.2) is 0 Å². The molecule has 0 aliphatic carbocycles. The van der Waals surface area contributed by atoms with Gasteiger partial charge in [-0.2, -0.15) is 0 Å². The second-order valence-corrected chi connectivity index (χ2v) is 6.78. The predicted octanol–water partition coefficient (Wildman–Crippen LogP) is 4.66. The lowest BCUT2D eigenvalue weighted by Gasteiger charge is -2.14. The number of anilines is 2. The van der Waals surface area contributed by atoms with E-state index in [0.717, 1.165) is 5.56 Å². The molecule has 0 unspecified atom stereocenters. The van der Waals surface area contributed by atoms with E-state index in [1.165, 1.54) is 6.08 Å². The largest absolute Gasteiger partial charge is 0.397 e. The summed E-state index contributed by atoms with van der Waals surface area (Å²) in [6.45, 7) is 0. The Bertz CT molecular complexity index is 694. The van der Waals surface area contributed by atoms with Crippen molar-refractivity contribution in [3.05, 3.63) is 66.2 Å². The summed E-state index contributed by atoms with van der Waals surface area (Å²) in [7, 11) is 0. The second kappa shape index (κ2) is 7.05. The van der Waals surface area contributed by atoms with Crippen LogP contribution < -0.4 is 11.1 Å². The van der Waals surface area contributed by atoms with Crippen LogP contribution in [-0.2, 0) is 4.79 Å². The lowest BCUT2D eigenvalue weighted by atomic mass is 10.1.